The molecule has 2 aliphatic rings. The highest BCUT2D eigenvalue weighted by Crippen LogP contribution is 2.40. The molecule has 1 saturated carbocycles. The van der Waals surface area contributed by atoms with Crippen LogP contribution in [0.4, 0.5) is 0 Å². The van der Waals surface area contributed by atoms with Gasteiger partial charge in [0.1, 0.15) is 0 Å². The minimum atomic E-state index is -0.137. The van der Waals surface area contributed by atoms with E-state index in [9.17, 15) is 5.11 Å². The lowest BCUT2D eigenvalue weighted by atomic mass is 9.64. The monoisotopic (exact) mass is 274 g/mol. The Kier molecular flexibility index (Phi) is 3.85. The van der Waals surface area contributed by atoms with Crippen molar-refractivity contribution in [2.24, 2.45) is 5.41 Å². The van der Waals surface area contributed by atoms with Gasteiger partial charge in [-0.05, 0) is 18.4 Å². The minimum Gasteiger partial charge on any atom is -0.392 e. The summed E-state index contributed by atoms with van der Waals surface area (Å²) in [6, 6.07) is 11.7. The topological polar surface area (TPSA) is 35.5 Å². The van der Waals surface area contributed by atoms with Crippen LogP contribution in [0.1, 0.15) is 32.3 Å². The molecule has 3 heteroatoms. The molecule has 20 heavy (non-hydrogen) atoms. The lowest BCUT2D eigenvalue weighted by Gasteiger charge is -2.50. The predicted octanol–water partition coefficient (Wildman–Crippen LogP) is 2.01. The second-order valence-corrected chi connectivity index (χ2v) is 7.00. The minimum absolute atomic E-state index is 0.0346. The van der Waals surface area contributed by atoms with Gasteiger partial charge >= 0.3 is 0 Å². The first-order valence-electron chi connectivity index (χ1n) is 7.76. The highest BCUT2D eigenvalue weighted by Gasteiger charge is 2.48. The predicted molar refractivity (Wildman–Crippen MR) is 81.5 cm³/mol. The highest BCUT2D eigenvalue weighted by atomic mass is 16.3. The Hall–Kier alpha value is -0.900. The third-order valence-electron chi connectivity index (χ3n) is 5.17. The maximum atomic E-state index is 9.82. The summed E-state index contributed by atoms with van der Waals surface area (Å²) in [5, 5.41) is 13.6. The number of benzene rings is 1. The van der Waals surface area contributed by atoms with E-state index in [1.807, 2.05) is 0 Å². The third-order valence-corrected chi connectivity index (χ3v) is 5.17. The number of aliphatic hydroxyl groups excluding tert-OH is 1. The molecule has 3 unspecified atom stereocenters. The van der Waals surface area contributed by atoms with Crippen LogP contribution in [-0.2, 0) is 6.54 Å². The van der Waals surface area contributed by atoms with Gasteiger partial charge in [-0.25, -0.2) is 0 Å². The van der Waals surface area contributed by atoms with Crippen molar-refractivity contribution in [1.29, 1.82) is 0 Å². The van der Waals surface area contributed by atoms with E-state index in [1.165, 1.54) is 18.5 Å². The number of likely N-dealkylation sites (tertiary alicyclic amines) is 1. The Labute approximate surface area is 122 Å². The molecule has 1 aromatic rings. The van der Waals surface area contributed by atoms with E-state index in [2.05, 4.69) is 54.4 Å². The van der Waals surface area contributed by atoms with Gasteiger partial charge in [0.25, 0.3) is 0 Å². The molecule has 2 fully saturated rings. The highest BCUT2D eigenvalue weighted by molar-refractivity contribution is 5.14. The van der Waals surface area contributed by atoms with Gasteiger partial charge in [-0.3, -0.25) is 4.90 Å². The molecule has 1 aliphatic heterocycles. The molecule has 0 radical (unpaired) electrons. The zero-order valence-corrected chi connectivity index (χ0v) is 12.5. The first kappa shape index (κ1) is 14.1. The zero-order chi connectivity index (χ0) is 14.2. The van der Waals surface area contributed by atoms with Crippen molar-refractivity contribution in [2.45, 2.75) is 51.4 Å². The second-order valence-electron chi connectivity index (χ2n) is 7.00. The van der Waals surface area contributed by atoms with Crippen LogP contribution in [0.25, 0.3) is 0 Å². The van der Waals surface area contributed by atoms with Gasteiger partial charge in [-0.2, -0.15) is 0 Å². The standard InChI is InChI=1S/C17H26N2O/c1-17(2)15(10-16(17)20)18-14-8-9-19(12-14)11-13-6-4-3-5-7-13/h3-7,14-16,18,20H,8-12H2,1-2H3. The molecular formula is C17H26N2O. The van der Waals surface area contributed by atoms with Gasteiger partial charge in [0.05, 0.1) is 6.10 Å². The molecule has 110 valence electrons. The number of hydrogen-bond acceptors (Lipinski definition) is 3. The Balaban J connectivity index is 1.48. The van der Waals surface area contributed by atoms with Crippen molar-refractivity contribution < 1.29 is 5.11 Å². The molecule has 3 nitrogen and oxygen atoms in total. The van der Waals surface area contributed by atoms with Crippen LogP contribution in [0.3, 0.4) is 0 Å². The van der Waals surface area contributed by atoms with Gasteiger partial charge in [-0.1, -0.05) is 44.2 Å². The van der Waals surface area contributed by atoms with Gasteiger partial charge in [0.15, 0.2) is 0 Å². The quantitative estimate of drug-likeness (QED) is 0.881. The molecular weight excluding hydrogens is 248 g/mol. The number of rotatable bonds is 4. The maximum absolute atomic E-state index is 9.82. The Morgan fingerprint density at radius 1 is 1.30 bits per heavy atom. The van der Waals surface area contributed by atoms with Gasteiger partial charge in [-0.15, -0.1) is 0 Å². The molecule has 0 aromatic heterocycles. The van der Waals surface area contributed by atoms with Crippen molar-refractivity contribution in [1.82, 2.24) is 10.2 Å². The Morgan fingerprint density at radius 3 is 2.70 bits per heavy atom. The third kappa shape index (κ3) is 2.76. The van der Waals surface area contributed by atoms with Gasteiger partial charge in [0, 0.05) is 37.1 Å². The summed E-state index contributed by atoms with van der Waals surface area (Å²) >= 11 is 0. The summed E-state index contributed by atoms with van der Waals surface area (Å²) < 4.78 is 0. The molecule has 0 amide bonds. The largest absolute Gasteiger partial charge is 0.392 e. The summed E-state index contributed by atoms with van der Waals surface area (Å²) in [6.45, 7) is 7.67. The van der Waals surface area contributed by atoms with Crippen LogP contribution in [0.15, 0.2) is 30.3 Å². The van der Waals surface area contributed by atoms with Crippen LogP contribution in [-0.4, -0.2) is 41.3 Å². The van der Waals surface area contributed by atoms with E-state index in [0.29, 0.717) is 12.1 Å². The number of aliphatic hydroxyl groups is 1. The summed E-state index contributed by atoms with van der Waals surface area (Å²) in [5.41, 5.74) is 1.43. The smallest absolute Gasteiger partial charge is 0.0621 e. The van der Waals surface area contributed by atoms with Crippen LogP contribution >= 0.6 is 0 Å². The van der Waals surface area contributed by atoms with Crippen molar-refractivity contribution in [3.8, 4) is 0 Å². The van der Waals surface area contributed by atoms with Crippen molar-refractivity contribution in [3.63, 3.8) is 0 Å². The molecule has 3 atom stereocenters. The number of nitrogens with one attached hydrogen (secondary N) is 1. The van der Waals surface area contributed by atoms with Crippen molar-refractivity contribution in [3.05, 3.63) is 35.9 Å². The van der Waals surface area contributed by atoms with E-state index >= 15 is 0 Å². The summed E-state index contributed by atoms with van der Waals surface area (Å²) in [7, 11) is 0. The first-order chi connectivity index (χ1) is 9.55. The molecule has 1 saturated heterocycles. The lowest BCUT2D eigenvalue weighted by molar-refractivity contribution is -0.0755. The fraction of sp³-hybridized carbons (Fsp3) is 0.647. The van der Waals surface area contributed by atoms with E-state index in [-0.39, 0.29) is 11.5 Å². The molecule has 2 N–H and O–H groups in total. The van der Waals surface area contributed by atoms with E-state index < -0.39 is 0 Å². The van der Waals surface area contributed by atoms with Crippen LogP contribution in [0.2, 0.25) is 0 Å². The maximum Gasteiger partial charge on any atom is 0.0621 e. The van der Waals surface area contributed by atoms with Crippen LogP contribution < -0.4 is 5.32 Å². The molecule has 0 spiro atoms. The molecule has 1 aromatic carbocycles. The Bertz CT molecular complexity index is 446. The molecule has 3 rings (SSSR count). The SMILES string of the molecule is CC1(C)C(O)CC1NC1CCN(Cc2ccccc2)C1. The average Bonchev–Trinajstić information content (AvgIpc) is 2.87. The Morgan fingerprint density at radius 2 is 2.05 bits per heavy atom. The fourth-order valence-corrected chi connectivity index (χ4v) is 3.42. The van der Waals surface area contributed by atoms with E-state index in [0.717, 1.165) is 19.5 Å². The van der Waals surface area contributed by atoms with E-state index in [1.54, 1.807) is 0 Å². The molecule has 1 aliphatic carbocycles. The second kappa shape index (κ2) is 5.47. The van der Waals surface area contributed by atoms with E-state index in [4.69, 9.17) is 0 Å². The van der Waals surface area contributed by atoms with Crippen molar-refractivity contribution >= 4 is 0 Å². The lowest BCUT2D eigenvalue weighted by Crippen LogP contribution is -2.62. The normalized spacial score (nSPS) is 33.0. The molecule has 0 bridgehead atoms. The summed E-state index contributed by atoms with van der Waals surface area (Å²) in [4.78, 5) is 2.52. The number of hydrogen-bond donors (Lipinski definition) is 2. The van der Waals surface area contributed by atoms with Gasteiger partial charge in [0.2, 0.25) is 0 Å². The first-order valence-corrected chi connectivity index (χ1v) is 7.76. The van der Waals surface area contributed by atoms with Crippen molar-refractivity contribution in [2.75, 3.05) is 13.1 Å². The van der Waals surface area contributed by atoms with Gasteiger partial charge < -0.3 is 10.4 Å². The van der Waals surface area contributed by atoms with Crippen LogP contribution in [0.5, 0.6) is 0 Å². The fourth-order valence-electron chi connectivity index (χ4n) is 3.42. The summed E-state index contributed by atoms with van der Waals surface area (Å²) in [5.74, 6) is 0. The summed E-state index contributed by atoms with van der Waals surface area (Å²) in [6.07, 6.45) is 1.99. The number of nitrogens with zero attached hydrogens (tertiary/aromatic N) is 1. The molecule has 1 heterocycles. The average molecular weight is 274 g/mol. The zero-order valence-electron chi connectivity index (χ0n) is 12.5. The van der Waals surface area contributed by atoms with Crippen LogP contribution in [0, 0.1) is 5.41 Å².